The highest BCUT2D eigenvalue weighted by atomic mass is 32.2. The van der Waals surface area contributed by atoms with Crippen LogP contribution in [0.4, 0.5) is 10.1 Å². The van der Waals surface area contributed by atoms with Gasteiger partial charge in [0.2, 0.25) is 15.9 Å². The largest absolute Gasteiger partial charge is 0.394 e. The maximum Gasteiger partial charge on any atom is 0.251 e. The fraction of sp³-hybridized carbons (Fsp3) is 0.231. The van der Waals surface area contributed by atoms with Crippen LogP contribution in [0.5, 0.6) is 0 Å². The van der Waals surface area contributed by atoms with Crippen LogP contribution in [0.1, 0.15) is 22.8 Å². The van der Waals surface area contributed by atoms with Gasteiger partial charge in [-0.25, -0.2) is 17.5 Å². The van der Waals surface area contributed by atoms with Gasteiger partial charge in [0.05, 0.1) is 23.6 Å². The van der Waals surface area contributed by atoms with Crippen molar-refractivity contribution in [2.24, 2.45) is 0 Å². The van der Waals surface area contributed by atoms with Gasteiger partial charge in [-0.1, -0.05) is 30.3 Å². The van der Waals surface area contributed by atoms with Crippen LogP contribution in [0.3, 0.4) is 0 Å². The second-order valence-electron chi connectivity index (χ2n) is 8.72. The summed E-state index contributed by atoms with van der Waals surface area (Å²) in [7, 11) is -4.06. The average Bonchev–Trinajstić information content (AvgIpc) is 2.89. The minimum atomic E-state index is -4.06. The molecule has 3 aromatic rings. The second kappa shape index (κ2) is 12.1. The molecule has 0 aliphatic heterocycles. The van der Waals surface area contributed by atoms with E-state index >= 15 is 0 Å². The molecule has 0 saturated carbocycles. The number of benzene rings is 3. The minimum Gasteiger partial charge on any atom is -0.394 e. The van der Waals surface area contributed by atoms with Crippen LogP contribution in [0.15, 0.2) is 83.8 Å². The van der Waals surface area contributed by atoms with E-state index in [-0.39, 0.29) is 22.6 Å². The number of carbonyl (C=O) groups excluding carboxylic acids is 2. The van der Waals surface area contributed by atoms with Crippen LogP contribution >= 0.6 is 0 Å². The summed E-state index contributed by atoms with van der Waals surface area (Å²) in [6.45, 7) is 0.138. The van der Waals surface area contributed by atoms with Gasteiger partial charge in [0, 0.05) is 17.7 Å². The van der Waals surface area contributed by atoms with Gasteiger partial charge in [-0.2, -0.15) is 0 Å². The van der Waals surface area contributed by atoms with E-state index in [1.54, 1.807) is 12.1 Å². The zero-order valence-electron chi connectivity index (χ0n) is 20.0. The number of aliphatic hydroxyl groups is 2. The van der Waals surface area contributed by atoms with Gasteiger partial charge >= 0.3 is 0 Å². The summed E-state index contributed by atoms with van der Waals surface area (Å²) >= 11 is 0. The number of amides is 2. The summed E-state index contributed by atoms with van der Waals surface area (Å²) in [6, 6.07) is 18.3. The number of carbonyl (C=O) groups is 2. The lowest BCUT2D eigenvalue weighted by Crippen LogP contribution is -2.51. The van der Waals surface area contributed by atoms with Crippen molar-refractivity contribution in [2.75, 3.05) is 18.5 Å². The van der Waals surface area contributed by atoms with E-state index in [2.05, 4.69) is 15.4 Å². The second-order valence-corrected chi connectivity index (χ2v) is 10.4. The number of hydrogen-bond donors (Lipinski definition) is 5. The van der Waals surface area contributed by atoms with E-state index in [4.69, 9.17) is 0 Å². The summed E-state index contributed by atoms with van der Waals surface area (Å²) in [6.07, 6.45) is 0.177. The Hall–Kier alpha value is -3.64. The Labute approximate surface area is 214 Å². The zero-order chi connectivity index (χ0) is 27.1. The molecule has 196 valence electrons. The number of sulfonamides is 1. The minimum absolute atomic E-state index is 0.135. The van der Waals surface area contributed by atoms with E-state index in [0.717, 1.165) is 17.7 Å². The van der Waals surface area contributed by atoms with Crippen molar-refractivity contribution in [1.29, 1.82) is 0 Å². The molecule has 0 radical (unpaired) electrons. The van der Waals surface area contributed by atoms with Gasteiger partial charge in [-0.3, -0.25) is 9.59 Å². The Morgan fingerprint density at radius 1 is 0.919 bits per heavy atom. The summed E-state index contributed by atoms with van der Waals surface area (Å²) in [5.74, 6) is -1.59. The highest BCUT2D eigenvalue weighted by molar-refractivity contribution is 7.89. The maximum absolute atomic E-state index is 13.2. The van der Waals surface area contributed by atoms with Gasteiger partial charge in [-0.15, -0.1) is 0 Å². The molecule has 0 saturated heterocycles. The van der Waals surface area contributed by atoms with Gasteiger partial charge in [-0.05, 0) is 61.0 Å². The SMILES string of the molecule is CC(CO)(CO)NS(=O)(=O)c1ccc(NC(=O)[C@H](Cc2ccccc2)NC(=O)c2ccc(F)cc2)cc1. The van der Waals surface area contributed by atoms with Crippen LogP contribution < -0.4 is 15.4 Å². The molecule has 2 amide bonds. The van der Waals surface area contributed by atoms with Gasteiger partial charge in [0.1, 0.15) is 11.9 Å². The fourth-order valence-corrected chi connectivity index (χ4v) is 4.74. The van der Waals surface area contributed by atoms with E-state index in [0.29, 0.717) is 0 Å². The van der Waals surface area contributed by atoms with Crippen LogP contribution in [-0.2, 0) is 21.2 Å². The molecule has 0 aromatic heterocycles. The van der Waals surface area contributed by atoms with Crippen molar-refractivity contribution in [3.63, 3.8) is 0 Å². The molecule has 11 heteroatoms. The lowest BCUT2D eigenvalue weighted by atomic mass is 10.0. The molecule has 0 spiro atoms. The Morgan fingerprint density at radius 3 is 2.08 bits per heavy atom. The van der Waals surface area contributed by atoms with Crippen LogP contribution in [0.25, 0.3) is 0 Å². The third-order valence-corrected chi connectivity index (χ3v) is 7.18. The van der Waals surface area contributed by atoms with Crippen molar-refractivity contribution in [3.8, 4) is 0 Å². The number of hydrogen-bond acceptors (Lipinski definition) is 6. The Bertz CT molecular complexity index is 1310. The van der Waals surface area contributed by atoms with Crippen molar-refractivity contribution in [1.82, 2.24) is 10.0 Å². The first-order chi connectivity index (χ1) is 17.5. The van der Waals surface area contributed by atoms with Crippen LogP contribution in [0, 0.1) is 5.82 Å². The highest BCUT2D eigenvalue weighted by Crippen LogP contribution is 2.17. The summed E-state index contributed by atoms with van der Waals surface area (Å²) < 4.78 is 40.7. The lowest BCUT2D eigenvalue weighted by Gasteiger charge is -2.25. The lowest BCUT2D eigenvalue weighted by molar-refractivity contribution is -0.118. The molecule has 0 bridgehead atoms. The molecular formula is C26H28FN3O6S. The Morgan fingerprint density at radius 2 is 1.51 bits per heavy atom. The predicted molar refractivity (Wildman–Crippen MR) is 136 cm³/mol. The van der Waals surface area contributed by atoms with Gasteiger partial charge in [0.25, 0.3) is 5.91 Å². The van der Waals surface area contributed by atoms with Gasteiger partial charge in [0.15, 0.2) is 0 Å². The molecule has 0 aliphatic rings. The van der Waals surface area contributed by atoms with Crippen molar-refractivity contribution in [3.05, 3.63) is 95.8 Å². The third-order valence-electron chi connectivity index (χ3n) is 5.52. The molecule has 5 N–H and O–H groups in total. The van der Waals surface area contributed by atoms with Crippen LogP contribution in [0.2, 0.25) is 0 Å². The first kappa shape index (κ1) is 27.9. The molecule has 0 heterocycles. The van der Waals surface area contributed by atoms with Crippen molar-refractivity contribution < 1.29 is 32.6 Å². The highest BCUT2D eigenvalue weighted by Gasteiger charge is 2.29. The smallest absolute Gasteiger partial charge is 0.251 e. The molecule has 37 heavy (non-hydrogen) atoms. The van der Waals surface area contributed by atoms with E-state index in [1.807, 2.05) is 18.2 Å². The predicted octanol–water partition coefficient (Wildman–Crippen LogP) is 1.83. The monoisotopic (exact) mass is 529 g/mol. The first-order valence-electron chi connectivity index (χ1n) is 11.3. The summed E-state index contributed by atoms with van der Waals surface area (Å²) in [4.78, 5) is 25.7. The third kappa shape index (κ3) is 7.67. The van der Waals surface area contributed by atoms with E-state index in [9.17, 15) is 32.6 Å². The van der Waals surface area contributed by atoms with Crippen LogP contribution in [-0.4, -0.2) is 55.2 Å². The number of nitrogens with one attached hydrogen (secondary N) is 3. The molecule has 0 aliphatic carbocycles. The number of rotatable bonds is 11. The topological polar surface area (TPSA) is 145 Å². The number of halogens is 1. The molecule has 9 nitrogen and oxygen atoms in total. The number of aliphatic hydroxyl groups excluding tert-OH is 2. The molecule has 3 aromatic carbocycles. The van der Waals surface area contributed by atoms with Crippen molar-refractivity contribution in [2.45, 2.75) is 29.8 Å². The number of anilines is 1. The Kier molecular flexibility index (Phi) is 9.11. The average molecular weight is 530 g/mol. The molecule has 1 atom stereocenters. The normalized spacial score (nSPS) is 12.5. The first-order valence-corrected chi connectivity index (χ1v) is 12.8. The standard InChI is InChI=1S/C26H28FN3O6S/c1-26(16-31,17-32)30-37(35,36)22-13-11-21(12-14-22)28-25(34)23(15-18-5-3-2-4-6-18)29-24(33)19-7-9-20(27)10-8-19/h2-14,23,30-32H,15-17H2,1H3,(H,28,34)(H,29,33)/t23-/m0/s1. The fourth-order valence-electron chi connectivity index (χ4n) is 3.35. The van der Waals surface area contributed by atoms with Gasteiger partial charge < -0.3 is 20.8 Å². The molecule has 3 rings (SSSR count). The van der Waals surface area contributed by atoms with E-state index < -0.39 is 52.4 Å². The van der Waals surface area contributed by atoms with E-state index in [1.165, 1.54) is 43.3 Å². The summed E-state index contributed by atoms with van der Waals surface area (Å²) in [5, 5.41) is 24.1. The quantitative estimate of drug-likeness (QED) is 0.256. The maximum atomic E-state index is 13.2. The molecular weight excluding hydrogens is 501 g/mol. The van der Waals surface area contributed by atoms with Crippen molar-refractivity contribution >= 4 is 27.5 Å². The molecule has 0 unspecified atom stereocenters. The summed E-state index contributed by atoms with van der Waals surface area (Å²) in [5.41, 5.74) is -0.179. The molecule has 0 fully saturated rings. The zero-order valence-corrected chi connectivity index (χ0v) is 20.8. The Balaban J connectivity index is 1.76.